The molecule has 0 amide bonds. The second-order valence-corrected chi connectivity index (χ2v) is 11.7. The lowest BCUT2D eigenvalue weighted by Crippen LogP contribution is -2.21. The molecular formula is C21H30O6S2. The van der Waals surface area contributed by atoms with E-state index >= 15 is 0 Å². The minimum Gasteiger partial charge on any atom is -0.270 e. The Bertz CT molecular complexity index is 859. The van der Waals surface area contributed by atoms with Crippen molar-refractivity contribution in [2.45, 2.75) is 49.0 Å². The lowest BCUT2D eigenvalue weighted by atomic mass is 9.89. The molecule has 5 aliphatic rings. The van der Waals surface area contributed by atoms with Crippen molar-refractivity contribution in [2.24, 2.45) is 17.8 Å². The molecule has 5 unspecified atom stereocenters. The monoisotopic (exact) mass is 442 g/mol. The molecule has 2 aliphatic heterocycles. The van der Waals surface area contributed by atoms with E-state index in [2.05, 4.69) is 47.2 Å². The van der Waals surface area contributed by atoms with Gasteiger partial charge in [0.2, 0.25) is 0 Å². The van der Waals surface area contributed by atoms with Crippen LogP contribution >= 0.6 is 0 Å². The standard InChI is InChI=1S/C11H16O3S.C5H8O3S.C5H6/c12-15(13)11(3-4-14-15)7-10-6-8-1-2-9(10)5-8;1-2-5-3-4-8-9(5,6)7;1-2-4-5-3-1/h1-2,8-11H,3-7H2;2,5H,1,3-4H2;1-4H,5H2. The summed E-state index contributed by atoms with van der Waals surface area (Å²) in [6.45, 7) is 4.08. The molecule has 2 saturated heterocycles. The van der Waals surface area contributed by atoms with E-state index in [9.17, 15) is 16.8 Å². The van der Waals surface area contributed by atoms with E-state index in [0.717, 1.165) is 18.8 Å². The third kappa shape index (κ3) is 5.90. The summed E-state index contributed by atoms with van der Waals surface area (Å²) in [5.41, 5.74) is 0. The van der Waals surface area contributed by atoms with Crippen LogP contribution in [0.25, 0.3) is 0 Å². The van der Waals surface area contributed by atoms with Crippen LogP contribution in [-0.2, 0) is 28.6 Å². The van der Waals surface area contributed by atoms with Crippen LogP contribution < -0.4 is 0 Å². The Kier molecular flexibility index (Phi) is 7.53. The van der Waals surface area contributed by atoms with Gasteiger partial charge in [-0.05, 0) is 56.3 Å². The molecule has 1 saturated carbocycles. The predicted molar refractivity (Wildman–Crippen MR) is 113 cm³/mol. The minimum atomic E-state index is -3.26. The SMILES string of the molecule is C1=CCC=C1.C=CC1CCOS1(=O)=O.O=S1(=O)OCCC1CC1CC2C=CC1C2. The second-order valence-electron chi connectivity index (χ2n) is 7.97. The molecule has 2 bridgehead atoms. The van der Waals surface area contributed by atoms with Crippen LogP contribution in [0.4, 0.5) is 0 Å². The summed E-state index contributed by atoms with van der Waals surface area (Å²) >= 11 is 0. The van der Waals surface area contributed by atoms with Crippen LogP contribution in [0.15, 0.2) is 49.1 Å². The van der Waals surface area contributed by atoms with Gasteiger partial charge in [0.25, 0.3) is 20.2 Å². The molecule has 8 heteroatoms. The van der Waals surface area contributed by atoms with Crippen molar-refractivity contribution in [1.82, 2.24) is 0 Å². The van der Waals surface area contributed by atoms with E-state index in [1.54, 1.807) is 0 Å². The average molecular weight is 443 g/mol. The molecule has 6 nitrogen and oxygen atoms in total. The highest BCUT2D eigenvalue weighted by Gasteiger charge is 2.41. The van der Waals surface area contributed by atoms with Crippen LogP contribution in [0, 0.1) is 17.8 Å². The fraction of sp³-hybridized carbons (Fsp3) is 0.619. The maximum atomic E-state index is 11.5. The van der Waals surface area contributed by atoms with E-state index in [-0.39, 0.29) is 5.25 Å². The largest absolute Gasteiger partial charge is 0.273 e. The van der Waals surface area contributed by atoms with E-state index in [0.29, 0.717) is 37.9 Å². The molecule has 3 fully saturated rings. The van der Waals surface area contributed by atoms with Gasteiger partial charge in [0, 0.05) is 0 Å². The zero-order valence-corrected chi connectivity index (χ0v) is 18.2. The summed E-state index contributed by atoms with van der Waals surface area (Å²) in [7, 11) is -6.47. The highest BCUT2D eigenvalue weighted by molar-refractivity contribution is 7.88. The van der Waals surface area contributed by atoms with Gasteiger partial charge in [0.05, 0.1) is 18.5 Å². The van der Waals surface area contributed by atoms with E-state index < -0.39 is 25.5 Å². The third-order valence-corrected chi connectivity index (χ3v) is 9.42. The Balaban J connectivity index is 0.000000145. The van der Waals surface area contributed by atoms with Gasteiger partial charge in [-0.3, -0.25) is 8.37 Å². The molecule has 0 aromatic carbocycles. The van der Waals surface area contributed by atoms with Gasteiger partial charge in [0.15, 0.2) is 0 Å². The Morgan fingerprint density at radius 3 is 2.00 bits per heavy atom. The molecule has 0 aromatic rings. The third-order valence-electron chi connectivity index (χ3n) is 6.02. The first-order chi connectivity index (χ1) is 13.8. The summed E-state index contributed by atoms with van der Waals surface area (Å²) in [6, 6.07) is 0. The van der Waals surface area contributed by atoms with Gasteiger partial charge < -0.3 is 0 Å². The first-order valence-electron chi connectivity index (χ1n) is 10.2. The number of hydrogen-bond donors (Lipinski definition) is 0. The first kappa shape index (κ1) is 22.5. The fourth-order valence-corrected chi connectivity index (χ4v) is 6.93. The zero-order valence-electron chi connectivity index (χ0n) is 16.6. The molecule has 0 radical (unpaired) electrons. The van der Waals surface area contributed by atoms with Crippen molar-refractivity contribution in [3.63, 3.8) is 0 Å². The van der Waals surface area contributed by atoms with Crippen molar-refractivity contribution in [3.8, 4) is 0 Å². The van der Waals surface area contributed by atoms with Crippen LogP contribution in [0.1, 0.15) is 38.5 Å². The van der Waals surface area contributed by atoms with Crippen molar-refractivity contribution >= 4 is 20.2 Å². The number of allylic oxidation sites excluding steroid dienone is 6. The van der Waals surface area contributed by atoms with Gasteiger partial charge >= 0.3 is 0 Å². The topological polar surface area (TPSA) is 86.7 Å². The van der Waals surface area contributed by atoms with Crippen LogP contribution in [0.3, 0.4) is 0 Å². The molecule has 0 spiro atoms. The van der Waals surface area contributed by atoms with Gasteiger partial charge in [-0.2, -0.15) is 16.8 Å². The summed E-state index contributed by atoms with van der Waals surface area (Å²) < 4.78 is 53.7. The van der Waals surface area contributed by atoms with Gasteiger partial charge in [-0.25, -0.2) is 0 Å². The Morgan fingerprint density at radius 2 is 1.62 bits per heavy atom. The van der Waals surface area contributed by atoms with Crippen molar-refractivity contribution in [2.75, 3.05) is 13.2 Å². The molecule has 0 aromatic heterocycles. The average Bonchev–Trinajstić information content (AvgIpc) is 3.47. The Morgan fingerprint density at radius 1 is 0.931 bits per heavy atom. The highest BCUT2D eigenvalue weighted by atomic mass is 32.2. The van der Waals surface area contributed by atoms with Crippen molar-refractivity contribution in [1.29, 1.82) is 0 Å². The molecule has 162 valence electrons. The minimum absolute atomic E-state index is 0.227. The van der Waals surface area contributed by atoms with Crippen molar-refractivity contribution < 1.29 is 25.2 Å². The number of hydrogen-bond acceptors (Lipinski definition) is 6. The fourth-order valence-electron chi connectivity index (χ4n) is 4.42. The van der Waals surface area contributed by atoms with Crippen LogP contribution in [0.2, 0.25) is 0 Å². The highest BCUT2D eigenvalue weighted by Crippen LogP contribution is 2.46. The molecule has 2 heterocycles. The zero-order chi connectivity index (χ0) is 20.9. The van der Waals surface area contributed by atoms with E-state index in [4.69, 9.17) is 4.18 Å². The molecule has 5 atom stereocenters. The van der Waals surface area contributed by atoms with Crippen molar-refractivity contribution in [3.05, 3.63) is 49.1 Å². The lowest BCUT2D eigenvalue weighted by Gasteiger charge is -2.20. The smallest absolute Gasteiger partial charge is 0.270 e. The normalized spacial score (nSPS) is 37.0. The molecule has 0 N–H and O–H groups in total. The maximum absolute atomic E-state index is 11.5. The summed E-state index contributed by atoms with van der Waals surface area (Å²) in [6.07, 6.45) is 20.0. The van der Waals surface area contributed by atoms with Crippen LogP contribution in [0.5, 0.6) is 0 Å². The summed E-state index contributed by atoms with van der Waals surface area (Å²) in [4.78, 5) is 0. The molecule has 3 aliphatic carbocycles. The Hall–Kier alpha value is -1.22. The Labute approximate surface area is 174 Å². The van der Waals surface area contributed by atoms with Gasteiger partial charge in [0.1, 0.15) is 5.25 Å². The quantitative estimate of drug-likeness (QED) is 0.491. The summed E-state index contributed by atoms with van der Waals surface area (Å²) in [5.74, 6) is 1.96. The lowest BCUT2D eigenvalue weighted by molar-refractivity contribution is 0.353. The molecular weight excluding hydrogens is 412 g/mol. The van der Waals surface area contributed by atoms with Gasteiger partial charge in [-0.1, -0.05) is 42.5 Å². The summed E-state index contributed by atoms with van der Waals surface area (Å²) in [5, 5.41) is -0.701. The van der Waals surface area contributed by atoms with Crippen LogP contribution in [-0.4, -0.2) is 40.5 Å². The first-order valence-corrected chi connectivity index (χ1v) is 13.1. The number of fused-ring (bicyclic) bond motifs is 2. The molecule has 29 heavy (non-hydrogen) atoms. The number of rotatable bonds is 3. The second kappa shape index (κ2) is 9.73. The van der Waals surface area contributed by atoms with E-state index in [1.165, 1.54) is 18.9 Å². The molecule has 5 rings (SSSR count). The van der Waals surface area contributed by atoms with Gasteiger partial charge in [-0.15, -0.1) is 6.58 Å². The maximum Gasteiger partial charge on any atom is 0.273 e. The predicted octanol–water partition coefficient (Wildman–Crippen LogP) is 3.50. The van der Waals surface area contributed by atoms with E-state index in [1.807, 2.05) is 0 Å².